The van der Waals surface area contributed by atoms with E-state index in [4.69, 9.17) is 4.74 Å². The van der Waals surface area contributed by atoms with Crippen molar-refractivity contribution < 1.29 is 18.8 Å². The van der Waals surface area contributed by atoms with E-state index < -0.39 is 22.3 Å². The Bertz CT molecular complexity index is 473. The molecule has 0 aromatic heterocycles. The number of carbonyl (C=O) groups excluding carboxylic acids is 1. The van der Waals surface area contributed by atoms with Crippen molar-refractivity contribution in [3.8, 4) is 0 Å². The average Bonchev–Trinajstić information content (AvgIpc) is 2.22. The van der Waals surface area contributed by atoms with Crippen molar-refractivity contribution in [2.75, 3.05) is 13.2 Å². The molecule has 1 aromatic carbocycles. The maximum Gasteiger partial charge on any atom is 0.304 e. The number of ether oxygens (including phenoxy) is 1. The third-order valence-corrected chi connectivity index (χ3v) is 2.38. The summed E-state index contributed by atoms with van der Waals surface area (Å²) in [5.41, 5.74) is -0.589. The topological polar surface area (TPSA) is 81.5 Å². The van der Waals surface area contributed by atoms with Crippen LogP contribution >= 0.6 is 0 Å². The smallest absolute Gasteiger partial charge is 0.304 e. The number of benzene rings is 1. The molecule has 2 rings (SSSR count). The summed E-state index contributed by atoms with van der Waals surface area (Å²) < 4.78 is 18.1. The van der Waals surface area contributed by atoms with E-state index in [0.717, 1.165) is 12.1 Å². The summed E-state index contributed by atoms with van der Waals surface area (Å²) in [7, 11) is 0. The van der Waals surface area contributed by atoms with Gasteiger partial charge in [-0.25, -0.2) is 0 Å². The molecule has 0 bridgehead atoms. The molecule has 7 heteroatoms. The van der Waals surface area contributed by atoms with Gasteiger partial charge in [0, 0.05) is 11.6 Å². The number of nitro groups is 1. The van der Waals surface area contributed by atoms with Crippen LogP contribution in [0, 0.1) is 15.9 Å². The molecule has 0 spiro atoms. The van der Waals surface area contributed by atoms with Crippen LogP contribution in [-0.4, -0.2) is 30.1 Å². The van der Waals surface area contributed by atoms with Crippen LogP contribution in [0.2, 0.25) is 0 Å². The van der Waals surface area contributed by atoms with Crippen LogP contribution in [0.15, 0.2) is 18.2 Å². The number of hydrogen-bond acceptors (Lipinski definition) is 4. The molecule has 0 aliphatic carbocycles. The van der Waals surface area contributed by atoms with E-state index in [0.29, 0.717) is 13.2 Å². The Labute approximate surface area is 95.5 Å². The van der Waals surface area contributed by atoms with E-state index in [2.05, 4.69) is 5.32 Å². The second-order valence-electron chi connectivity index (χ2n) is 3.63. The van der Waals surface area contributed by atoms with Crippen LogP contribution in [0.1, 0.15) is 10.4 Å². The molecule has 1 fully saturated rings. The molecular formula is C10H9FN2O4. The zero-order valence-electron chi connectivity index (χ0n) is 8.68. The van der Waals surface area contributed by atoms with Gasteiger partial charge in [0.25, 0.3) is 5.91 Å². The molecule has 1 aliphatic heterocycles. The van der Waals surface area contributed by atoms with Crippen LogP contribution < -0.4 is 5.32 Å². The summed E-state index contributed by atoms with van der Waals surface area (Å²) in [6, 6.07) is 2.98. The summed E-state index contributed by atoms with van der Waals surface area (Å²) >= 11 is 0. The van der Waals surface area contributed by atoms with Gasteiger partial charge in [-0.15, -0.1) is 0 Å². The molecule has 0 saturated carbocycles. The molecule has 0 radical (unpaired) electrons. The quantitative estimate of drug-likeness (QED) is 0.627. The highest BCUT2D eigenvalue weighted by Crippen LogP contribution is 2.18. The lowest BCUT2D eigenvalue weighted by Gasteiger charge is -2.26. The average molecular weight is 240 g/mol. The number of halogens is 1. The van der Waals surface area contributed by atoms with Crippen LogP contribution in [0.5, 0.6) is 0 Å². The van der Waals surface area contributed by atoms with Crippen molar-refractivity contribution in [3.63, 3.8) is 0 Å². The van der Waals surface area contributed by atoms with Crippen molar-refractivity contribution in [3.05, 3.63) is 39.7 Å². The van der Waals surface area contributed by atoms with Crippen LogP contribution in [0.25, 0.3) is 0 Å². The predicted molar refractivity (Wildman–Crippen MR) is 55.1 cm³/mol. The second kappa shape index (κ2) is 4.46. The zero-order valence-corrected chi connectivity index (χ0v) is 8.68. The van der Waals surface area contributed by atoms with Crippen molar-refractivity contribution in [2.45, 2.75) is 6.04 Å². The van der Waals surface area contributed by atoms with Crippen molar-refractivity contribution in [1.82, 2.24) is 5.32 Å². The highest BCUT2D eigenvalue weighted by atomic mass is 19.1. The number of carbonyl (C=O) groups is 1. The minimum absolute atomic E-state index is 0.0556. The Hall–Kier alpha value is -2.02. The minimum Gasteiger partial charge on any atom is -0.377 e. The summed E-state index contributed by atoms with van der Waals surface area (Å²) in [4.78, 5) is 21.1. The molecule has 1 N–H and O–H groups in total. The van der Waals surface area contributed by atoms with E-state index in [1.165, 1.54) is 6.07 Å². The molecule has 0 atom stereocenters. The van der Waals surface area contributed by atoms with Crippen LogP contribution in [0.3, 0.4) is 0 Å². The zero-order chi connectivity index (χ0) is 12.4. The molecule has 90 valence electrons. The predicted octanol–water partition coefficient (Wildman–Crippen LogP) is 0.862. The first-order chi connectivity index (χ1) is 8.08. The maximum atomic E-state index is 13.2. The third kappa shape index (κ3) is 2.39. The molecule has 1 amide bonds. The maximum absolute atomic E-state index is 13.2. The molecule has 1 aliphatic rings. The normalized spacial score (nSPS) is 15.1. The fraction of sp³-hybridized carbons (Fsp3) is 0.300. The number of hydrogen-bond donors (Lipinski definition) is 1. The Morgan fingerprint density at radius 1 is 1.53 bits per heavy atom. The van der Waals surface area contributed by atoms with Crippen LogP contribution in [-0.2, 0) is 4.74 Å². The van der Waals surface area contributed by atoms with Gasteiger partial charge < -0.3 is 10.1 Å². The number of nitro benzene ring substituents is 1. The first kappa shape index (κ1) is 11.5. The third-order valence-electron chi connectivity index (χ3n) is 2.38. The van der Waals surface area contributed by atoms with E-state index in [1.54, 1.807) is 0 Å². The molecule has 6 nitrogen and oxygen atoms in total. The van der Waals surface area contributed by atoms with E-state index in [9.17, 15) is 19.3 Å². The Balaban J connectivity index is 2.13. The largest absolute Gasteiger partial charge is 0.377 e. The summed E-state index contributed by atoms with van der Waals surface area (Å²) in [5, 5.41) is 13.0. The van der Waals surface area contributed by atoms with E-state index >= 15 is 0 Å². The SMILES string of the molecule is O=C(NC1COC1)c1ccc([N+](=O)[O-])c(F)c1. The van der Waals surface area contributed by atoms with E-state index in [1.807, 2.05) is 0 Å². The fourth-order valence-electron chi connectivity index (χ4n) is 1.38. The number of amides is 1. The van der Waals surface area contributed by atoms with Gasteiger partial charge in [-0.05, 0) is 12.1 Å². The molecule has 1 saturated heterocycles. The number of nitrogens with one attached hydrogen (secondary N) is 1. The standard InChI is InChI=1S/C10H9FN2O4/c11-8-3-6(1-2-9(8)13(15)16)10(14)12-7-4-17-5-7/h1-3,7H,4-5H2,(H,12,14). The van der Waals surface area contributed by atoms with E-state index in [-0.39, 0.29) is 11.6 Å². The van der Waals surface area contributed by atoms with Crippen LogP contribution in [0.4, 0.5) is 10.1 Å². The van der Waals surface area contributed by atoms with Gasteiger partial charge in [-0.1, -0.05) is 0 Å². The van der Waals surface area contributed by atoms with Gasteiger partial charge in [0.2, 0.25) is 5.82 Å². The summed E-state index contributed by atoms with van der Waals surface area (Å²) in [6.07, 6.45) is 0. The molecule has 17 heavy (non-hydrogen) atoms. The molecule has 1 aromatic rings. The number of rotatable bonds is 3. The lowest BCUT2D eigenvalue weighted by Crippen LogP contribution is -2.48. The van der Waals surface area contributed by atoms with Crippen molar-refractivity contribution in [1.29, 1.82) is 0 Å². The summed E-state index contributed by atoms with van der Waals surface area (Å²) in [5.74, 6) is -1.49. The lowest BCUT2D eigenvalue weighted by molar-refractivity contribution is -0.387. The summed E-state index contributed by atoms with van der Waals surface area (Å²) in [6.45, 7) is 0.863. The highest BCUT2D eigenvalue weighted by Gasteiger charge is 2.22. The molecular weight excluding hydrogens is 231 g/mol. The Morgan fingerprint density at radius 3 is 2.71 bits per heavy atom. The minimum atomic E-state index is -1.02. The van der Waals surface area contributed by atoms with Crippen molar-refractivity contribution in [2.24, 2.45) is 0 Å². The van der Waals surface area contributed by atoms with Gasteiger partial charge in [-0.3, -0.25) is 14.9 Å². The van der Waals surface area contributed by atoms with Gasteiger partial charge in [0.05, 0.1) is 24.2 Å². The molecule has 1 heterocycles. The van der Waals surface area contributed by atoms with Gasteiger partial charge in [0.15, 0.2) is 0 Å². The fourth-order valence-corrected chi connectivity index (χ4v) is 1.38. The van der Waals surface area contributed by atoms with Gasteiger partial charge >= 0.3 is 5.69 Å². The monoisotopic (exact) mass is 240 g/mol. The molecule has 0 unspecified atom stereocenters. The first-order valence-electron chi connectivity index (χ1n) is 4.90. The lowest BCUT2D eigenvalue weighted by atomic mass is 10.1. The highest BCUT2D eigenvalue weighted by molar-refractivity contribution is 5.94. The van der Waals surface area contributed by atoms with Gasteiger partial charge in [-0.2, -0.15) is 4.39 Å². The second-order valence-corrected chi connectivity index (χ2v) is 3.63. The Morgan fingerprint density at radius 2 is 2.24 bits per heavy atom. The first-order valence-corrected chi connectivity index (χ1v) is 4.90. The number of nitrogens with zero attached hydrogens (tertiary/aromatic N) is 1. The Kier molecular flexibility index (Phi) is 3.01. The van der Waals surface area contributed by atoms with Gasteiger partial charge in [0.1, 0.15) is 0 Å². The van der Waals surface area contributed by atoms with Crippen molar-refractivity contribution >= 4 is 11.6 Å².